The van der Waals surface area contributed by atoms with Crippen LogP contribution in [0.2, 0.25) is 0 Å². The van der Waals surface area contributed by atoms with Crippen LogP contribution in [0.3, 0.4) is 0 Å². The maximum absolute atomic E-state index is 12.3. The number of hydrogen-bond acceptors (Lipinski definition) is 5. The topological polar surface area (TPSA) is 71.2 Å². The first-order valence-corrected chi connectivity index (χ1v) is 8.14. The van der Waals surface area contributed by atoms with Gasteiger partial charge in [0.15, 0.2) is 0 Å². The minimum Gasteiger partial charge on any atom is -0.341 e. The molecular formula is C14H24N4OS. The average Bonchev–Trinajstić information content (AvgIpc) is 2.71. The van der Waals surface area contributed by atoms with E-state index in [9.17, 15) is 4.79 Å². The van der Waals surface area contributed by atoms with Crippen LogP contribution in [0, 0.1) is 5.92 Å². The van der Waals surface area contributed by atoms with Gasteiger partial charge in [-0.05, 0) is 18.9 Å². The van der Waals surface area contributed by atoms with E-state index in [0.717, 1.165) is 43.3 Å². The molecule has 0 bridgehead atoms. The minimum absolute atomic E-state index is 0.0359. The van der Waals surface area contributed by atoms with Crippen molar-refractivity contribution in [2.24, 2.45) is 11.7 Å². The number of carbonyl (C=O) groups excluding carboxylic acids is 1. The number of thiazole rings is 1. The van der Waals surface area contributed by atoms with E-state index in [1.54, 1.807) is 11.3 Å². The van der Waals surface area contributed by atoms with Gasteiger partial charge >= 0.3 is 0 Å². The van der Waals surface area contributed by atoms with E-state index in [-0.39, 0.29) is 11.9 Å². The average molecular weight is 296 g/mol. The predicted molar refractivity (Wildman–Crippen MR) is 81.7 cm³/mol. The van der Waals surface area contributed by atoms with Crippen LogP contribution in [0.15, 0.2) is 5.38 Å². The SMILES string of the molecule is CC(C)C(N)c1nc(CC(=O)N2CCCNCC2)cs1. The fraction of sp³-hybridized carbons (Fsp3) is 0.714. The summed E-state index contributed by atoms with van der Waals surface area (Å²) in [5.41, 5.74) is 6.94. The molecule has 0 aliphatic carbocycles. The number of aromatic nitrogens is 1. The van der Waals surface area contributed by atoms with Gasteiger partial charge in [-0.2, -0.15) is 0 Å². The summed E-state index contributed by atoms with van der Waals surface area (Å²) in [4.78, 5) is 18.7. The van der Waals surface area contributed by atoms with E-state index in [4.69, 9.17) is 5.73 Å². The van der Waals surface area contributed by atoms with E-state index < -0.39 is 0 Å². The molecule has 1 aliphatic rings. The van der Waals surface area contributed by atoms with E-state index in [1.165, 1.54) is 0 Å². The largest absolute Gasteiger partial charge is 0.341 e. The van der Waals surface area contributed by atoms with Gasteiger partial charge in [-0.3, -0.25) is 4.79 Å². The molecule has 3 N–H and O–H groups in total. The van der Waals surface area contributed by atoms with Gasteiger partial charge in [-0.1, -0.05) is 13.8 Å². The van der Waals surface area contributed by atoms with Crippen molar-refractivity contribution in [3.63, 3.8) is 0 Å². The van der Waals surface area contributed by atoms with E-state index in [1.807, 2.05) is 10.3 Å². The molecule has 112 valence electrons. The van der Waals surface area contributed by atoms with Gasteiger partial charge in [-0.15, -0.1) is 11.3 Å². The zero-order valence-corrected chi connectivity index (χ0v) is 13.1. The second-order valence-corrected chi connectivity index (χ2v) is 6.50. The molecule has 1 atom stereocenters. The van der Waals surface area contributed by atoms with Crippen molar-refractivity contribution in [3.8, 4) is 0 Å². The van der Waals surface area contributed by atoms with Crippen LogP contribution >= 0.6 is 11.3 Å². The highest BCUT2D eigenvalue weighted by Crippen LogP contribution is 2.22. The number of nitrogens with zero attached hydrogens (tertiary/aromatic N) is 2. The highest BCUT2D eigenvalue weighted by Gasteiger charge is 2.19. The Balaban J connectivity index is 1.94. The van der Waals surface area contributed by atoms with Gasteiger partial charge in [0.2, 0.25) is 5.91 Å². The normalized spacial score (nSPS) is 18.1. The Bertz CT molecular complexity index is 438. The van der Waals surface area contributed by atoms with Crippen LogP contribution in [0.4, 0.5) is 0 Å². The Morgan fingerprint density at radius 3 is 3.05 bits per heavy atom. The molecule has 1 aromatic rings. The van der Waals surface area contributed by atoms with Gasteiger partial charge in [0, 0.05) is 25.0 Å². The lowest BCUT2D eigenvalue weighted by molar-refractivity contribution is -0.130. The Kier molecular flexibility index (Phi) is 5.51. The minimum atomic E-state index is -0.0359. The van der Waals surface area contributed by atoms with E-state index in [0.29, 0.717) is 12.3 Å². The number of rotatable bonds is 4. The summed E-state index contributed by atoms with van der Waals surface area (Å²) in [6, 6.07) is -0.0359. The van der Waals surface area contributed by atoms with Gasteiger partial charge < -0.3 is 16.0 Å². The lowest BCUT2D eigenvalue weighted by atomic mass is 10.1. The van der Waals surface area contributed by atoms with Crippen LogP contribution in [0.5, 0.6) is 0 Å². The maximum atomic E-state index is 12.3. The number of nitrogens with one attached hydrogen (secondary N) is 1. The van der Waals surface area contributed by atoms with Gasteiger partial charge in [0.05, 0.1) is 18.2 Å². The molecular weight excluding hydrogens is 272 g/mol. The highest BCUT2D eigenvalue weighted by atomic mass is 32.1. The van der Waals surface area contributed by atoms with Gasteiger partial charge in [0.25, 0.3) is 0 Å². The summed E-state index contributed by atoms with van der Waals surface area (Å²) in [5, 5.41) is 6.20. The summed E-state index contributed by atoms with van der Waals surface area (Å²) < 4.78 is 0. The monoisotopic (exact) mass is 296 g/mol. The Labute approximate surface area is 124 Å². The van der Waals surface area contributed by atoms with Crippen LogP contribution < -0.4 is 11.1 Å². The summed E-state index contributed by atoms with van der Waals surface area (Å²) >= 11 is 1.56. The Hall–Kier alpha value is -0.980. The quantitative estimate of drug-likeness (QED) is 0.875. The fourth-order valence-electron chi connectivity index (χ4n) is 2.20. The van der Waals surface area contributed by atoms with E-state index in [2.05, 4.69) is 24.1 Å². The first kappa shape index (κ1) is 15.4. The lowest BCUT2D eigenvalue weighted by Crippen LogP contribution is -2.35. The number of hydrogen-bond donors (Lipinski definition) is 2. The molecule has 6 heteroatoms. The molecule has 0 radical (unpaired) electrons. The fourth-order valence-corrected chi connectivity index (χ4v) is 3.20. The standard InChI is InChI=1S/C14H24N4OS/c1-10(2)13(15)14-17-11(9-20-14)8-12(19)18-6-3-4-16-5-7-18/h9-10,13,16H,3-8,15H2,1-2H3. The van der Waals surface area contributed by atoms with Crippen molar-refractivity contribution in [3.05, 3.63) is 16.1 Å². The van der Waals surface area contributed by atoms with Crippen molar-refractivity contribution >= 4 is 17.2 Å². The zero-order chi connectivity index (χ0) is 14.5. The number of amides is 1. The molecule has 1 fully saturated rings. The summed E-state index contributed by atoms with van der Waals surface area (Å²) in [7, 11) is 0. The molecule has 1 unspecified atom stereocenters. The molecule has 0 saturated carbocycles. The second-order valence-electron chi connectivity index (χ2n) is 5.61. The van der Waals surface area contributed by atoms with Crippen LogP contribution in [0.1, 0.15) is 37.0 Å². The third-order valence-electron chi connectivity index (χ3n) is 3.60. The third-order valence-corrected chi connectivity index (χ3v) is 4.59. The molecule has 0 spiro atoms. The van der Waals surface area contributed by atoms with Crippen molar-refractivity contribution < 1.29 is 4.79 Å². The van der Waals surface area contributed by atoms with Crippen molar-refractivity contribution in [2.45, 2.75) is 32.7 Å². The summed E-state index contributed by atoms with van der Waals surface area (Å²) in [6.07, 6.45) is 1.41. The summed E-state index contributed by atoms with van der Waals surface area (Å²) in [6.45, 7) is 7.68. The van der Waals surface area contributed by atoms with Crippen LogP contribution in [-0.4, -0.2) is 42.0 Å². The molecule has 20 heavy (non-hydrogen) atoms. The molecule has 2 rings (SSSR count). The van der Waals surface area contributed by atoms with Gasteiger partial charge in [-0.25, -0.2) is 4.98 Å². The van der Waals surface area contributed by atoms with Crippen molar-refractivity contribution in [2.75, 3.05) is 26.2 Å². The van der Waals surface area contributed by atoms with Crippen molar-refractivity contribution in [1.29, 1.82) is 0 Å². The first-order chi connectivity index (χ1) is 9.58. The predicted octanol–water partition coefficient (Wildman–Crippen LogP) is 1.16. The zero-order valence-electron chi connectivity index (χ0n) is 12.3. The highest BCUT2D eigenvalue weighted by molar-refractivity contribution is 7.09. The smallest absolute Gasteiger partial charge is 0.228 e. The van der Waals surface area contributed by atoms with E-state index >= 15 is 0 Å². The molecule has 2 heterocycles. The van der Waals surface area contributed by atoms with Gasteiger partial charge in [0.1, 0.15) is 5.01 Å². The lowest BCUT2D eigenvalue weighted by Gasteiger charge is -2.19. The second kappa shape index (κ2) is 7.15. The number of carbonyl (C=O) groups is 1. The molecule has 1 aliphatic heterocycles. The molecule has 1 aromatic heterocycles. The Morgan fingerprint density at radius 1 is 1.50 bits per heavy atom. The van der Waals surface area contributed by atoms with Crippen LogP contribution in [-0.2, 0) is 11.2 Å². The molecule has 5 nitrogen and oxygen atoms in total. The van der Waals surface area contributed by atoms with Crippen molar-refractivity contribution in [1.82, 2.24) is 15.2 Å². The maximum Gasteiger partial charge on any atom is 0.228 e. The Morgan fingerprint density at radius 2 is 2.30 bits per heavy atom. The first-order valence-electron chi connectivity index (χ1n) is 7.26. The molecule has 0 aromatic carbocycles. The molecule has 1 saturated heterocycles. The third kappa shape index (κ3) is 4.01. The van der Waals surface area contributed by atoms with Crippen LogP contribution in [0.25, 0.3) is 0 Å². The summed E-state index contributed by atoms with van der Waals surface area (Å²) in [5.74, 6) is 0.532. The number of nitrogens with two attached hydrogens (primary N) is 1. The molecule has 1 amide bonds.